The van der Waals surface area contributed by atoms with Crippen LogP contribution in [0.3, 0.4) is 0 Å². The van der Waals surface area contributed by atoms with Gasteiger partial charge in [-0.15, -0.1) is 0 Å². The molecule has 3 amide bonds. The van der Waals surface area contributed by atoms with Crippen LogP contribution in [0.2, 0.25) is 0 Å². The van der Waals surface area contributed by atoms with Crippen molar-refractivity contribution in [3.63, 3.8) is 0 Å². The van der Waals surface area contributed by atoms with Crippen molar-refractivity contribution in [1.82, 2.24) is 14.8 Å². The highest BCUT2D eigenvalue weighted by molar-refractivity contribution is 6.04. The summed E-state index contributed by atoms with van der Waals surface area (Å²) in [5, 5.41) is 9.97. The first-order valence-electron chi connectivity index (χ1n) is 15.3. The maximum absolute atomic E-state index is 13.0. The first-order valence-corrected chi connectivity index (χ1v) is 15.3. The van der Waals surface area contributed by atoms with Gasteiger partial charge in [-0.3, -0.25) is 9.69 Å². The monoisotopic (exact) mass is 585 g/mol. The fourth-order valence-corrected chi connectivity index (χ4v) is 5.68. The van der Waals surface area contributed by atoms with Crippen LogP contribution in [0.5, 0.6) is 11.5 Å². The van der Waals surface area contributed by atoms with E-state index in [0.717, 1.165) is 38.2 Å². The van der Waals surface area contributed by atoms with E-state index in [1.54, 1.807) is 24.3 Å². The Labute approximate surface area is 256 Å². The van der Waals surface area contributed by atoms with Gasteiger partial charge in [-0.25, -0.2) is 4.79 Å². The molecule has 8 nitrogen and oxygen atoms in total. The molecule has 1 saturated carbocycles. The molecule has 0 atom stereocenters. The minimum atomic E-state index is -0.189. The van der Waals surface area contributed by atoms with Crippen molar-refractivity contribution in [3.8, 4) is 17.2 Å². The molecule has 3 N–H and O–H groups in total. The van der Waals surface area contributed by atoms with Gasteiger partial charge in [-0.05, 0) is 123 Å². The van der Waals surface area contributed by atoms with E-state index in [4.69, 9.17) is 4.74 Å². The lowest BCUT2D eigenvalue weighted by Crippen LogP contribution is -2.30. The normalized spacial score (nSPS) is 14.8. The zero-order valence-electron chi connectivity index (χ0n) is 24.5. The van der Waals surface area contributed by atoms with E-state index in [-0.39, 0.29) is 11.9 Å². The quantitative estimate of drug-likeness (QED) is 0.167. The molecular weight excluding hydrogens is 550 g/mol. The number of carbonyl (C=O) groups excluding carboxylic acids is 2. The molecule has 7 rings (SSSR count). The van der Waals surface area contributed by atoms with Gasteiger partial charge in [-0.1, -0.05) is 18.2 Å². The Kier molecular flexibility index (Phi) is 7.73. The molecule has 0 radical (unpaired) electrons. The van der Waals surface area contributed by atoms with E-state index < -0.39 is 0 Å². The smallest absolute Gasteiger partial charge is 0.319 e. The van der Waals surface area contributed by atoms with Crippen molar-refractivity contribution in [2.75, 3.05) is 23.7 Å². The first kappa shape index (κ1) is 27.7. The molecule has 0 spiro atoms. The highest BCUT2D eigenvalue weighted by Gasteiger charge is 2.23. The molecule has 8 heteroatoms. The number of para-hydroxylation sites is 1. The second kappa shape index (κ2) is 12.3. The number of rotatable bonds is 9. The second-order valence-electron chi connectivity index (χ2n) is 11.5. The molecule has 2 fully saturated rings. The van der Waals surface area contributed by atoms with E-state index in [1.807, 2.05) is 48.5 Å². The molecule has 1 aliphatic heterocycles. The van der Waals surface area contributed by atoms with Crippen molar-refractivity contribution in [1.29, 1.82) is 0 Å². The van der Waals surface area contributed by atoms with E-state index in [1.165, 1.54) is 29.3 Å². The van der Waals surface area contributed by atoms with Gasteiger partial charge < -0.3 is 25.3 Å². The Balaban J connectivity index is 0.966. The predicted octanol–water partition coefficient (Wildman–Crippen LogP) is 7.55. The standard InChI is InChI=1S/C36H35N5O3/c42-35(37-27-11-17-31(18-12-27)44-32-19-13-29(14-20-32)39-36(43)38-28-9-10-28)25-7-15-30(16-8-25)41-24-26(23-40-21-3-4-22-40)33-5-1-2-6-34(33)41/h1-2,5-8,11-20,24,28H,3-4,9-10,21-23H2,(H,37,42)(H2,38,39,43). The van der Waals surface area contributed by atoms with E-state index in [2.05, 4.69) is 55.9 Å². The van der Waals surface area contributed by atoms with Crippen molar-refractivity contribution < 1.29 is 14.3 Å². The fourth-order valence-electron chi connectivity index (χ4n) is 5.68. The topological polar surface area (TPSA) is 87.6 Å². The van der Waals surface area contributed by atoms with Crippen molar-refractivity contribution in [3.05, 3.63) is 114 Å². The van der Waals surface area contributed by atoms with Gasteiger partial charge in [0.1, 0.15) is 11.5 Å². The van der Waals surface area contributed by atoms with Crippen LogP contribution >= 0.6 is 0 Å². The van der Waals surface area contributed by atoms with Crippen LogP contribution in [-0.4, -0.2) is 40.5 Å². The number of fused-ring (bicyclic) bond motifs is 1. The second-order valence-corrected chi connectivity index (χ2v) is 11.5. The number of ether oxygens (including phenoxy) is 1. The van der Waals surface area contributed by atoms with Crippen LogP contribution in [0.4, 0.5) is 16.2 Å². The van der Waals surface area contributed by atoms with Gasteiger partial charge in [0.05, 0.1) is 5.52 Å². The number of benzene rings is 4. The van der Waals surface area contributed by atoms with Crippen LogP contribution in [0.15, 0.2) is 103 Å². The summed E-state index contributed by atoms with van der Waals surface area (Å²) < 4.78 is 8.16. The molecule has 1 saturated heterocycles. The van der Waals surface area contributed by atoms with E-state index in [0.29, 0.717) is 34.5 Å². The minimum Gasteiger partial charge on any atom is -0.457 e. The average molecular weight is 586 g/mol. The number of anilines is 2. The Bertz CT molecular complexity index is 1770. The third kappa shape index (κ3) is 6.45. The third-order valence-corrected chi connectivity index (χ3v) is 8.17. The van der Waals surface area contributed by atoms with Gasteiger partial charge in [-0.2, -0.15) is 0 Å². The molecule has 2 aliphatic rings. The Hall–Kier alpha value is -5.08. The summed E-state index contributed by atoms with van der Waals surface area (Å²) in [7, 11) is 0. The number of aromatic nitrogens is 1. The molecule has 222 valence electrons. The number of hydrogen-bond acceptors (Lipinski definition) is 4. The Morgan fingerprint density at radius 2 is 1.39 bits per heavy atom. The number of likely N-dealkylation sites (tertiary alicyclic amines) is 1. The van der Waals surface area contributed by atoms with Crippen LogP contribution < -0.4 is 20.7 Å². The van der Waals surface area contributed by atoms with Gasteiger partial charge in [0, 0.05) is 46.8 Å². The molecule has 0 unspecified atom stereocenters. The maximum atomic E-state index is 13.0. The highest BCUT2D eigenvalue weighted by Crippen LogP contribution is 2.28. The summed E-state index contributed by atoms with van der Waals surface area (Å²) in [5.74, 6) is 1.11. The number of nitrogens with zero attached hydrogens (tertiary/aromatic N) is 2. The van der Waals surface area contributed by atoms with Crippen LogP contribution in [0.25, 0.3) is 16.6 Å². The largest absolute Gasteiger partial charge is 0.457 e. The highest BCUT2D eigenvalue weighted by atomic mass is 16.5. The van der Waals surface area contributed by atoms with Gasteiger partial charge >= 0.3 is 6.03 Å². The summed E-state index contributed by atoms with van der Waals surface area (Å²) in [6, 6.07) is 30.8. The van der Waals surface area contributed by atoms with E-state index in [9.17, 15) is 9.59 Å². The summed E-state index contributed by atoms with van der Waals surface area (Å²) in [6.07, 6.45) is 6.87. The number of urea groups is 1. The third-order valence-electron chi connectivity index (χ3n) is 8.17. The Morgan fingerprint density at radius 1 is 0.750 bits per heavy atom. The van der Waals surface area contributed by atoms with Gasteiger partial charge in [0.25, 0.3) is 5.91 Å². The van der Waals surface area contributed by atoms with Crippen molar-refractivity contribution in [2.24, 2.45) is 0 Å². The van der Waals surface area contributed by atoms with Crippen LogP contribution in [0.1, 0.15) is 41.6 Å². The molecule has 5 aromatic rings. The SMILES string of the molecule is O=C(Nc1ccc(Oc2ccc(NC(=O)c3ccc(-n4cc(CN5CCCC5)c5ccccc54)cc3)cc2)cc1)NC1CC1. The number of carbonyl (C=O) groups is 2. The Morgan fingerprint density at radius 3 is 2.05 bits per heavy atom. The average Bonchev–Trinajstić information content (AvgIpc) is 3.56. The van der Waals surface area contributed by atoms with Gasteiger partial charge in [0.15, 0.2) is 0 Å². The fraction of sp³-hybridized carbons (Fsp3) is 0.222. The maximum Gasteiger partial charge on any atom is 0.319 e. The lowest BCUT2D eigenvalue weighted by molar-refractivity contribution is 0.102. The number of amides is 3. The zero-order valence-corrected chi connectivity index (χ0v) is 24.5. The summed E-state index contributed by atoms with van der Waals surface area (Å²) in [4.78, 5) is 27.5. The zero-order chi connectivity index (χ0) is 29.9. The molecular formula is C36H35N5O3. The summed E-state index contributed by atoms with van der Waals surface area (Å²) >= 11 is 0. The van der Waals surface area contributed by atoms with Crippen molar-refractivity contribution in [2.45, 2.75) is 38.3 Å². The summed E-state index contributed by atoms with van der Waals surface area (Å²) in [5.41, 5.74) is 5.49. The molecule has 1 aromatic heterocycles. The molecule has 44 heavy (non-hydrogen) atoms. The molecule has 0 bridgehead atoms. The van der Waals surface area contributed by atoms with Crippen LogP contribution in [0, 0.1) is 0 Å². The molecule has 4 aromatic carbocycles. The minimum absolute atomic E-state index is 0.175. The summed E-state index contributed by atoms with van der Waals surface area (Å²) in [6.45, 7) is 3.28. The molecule has 1 aliphatic carbocycles. The lowest BCUT2D eigenvalue weighted by Gasteiger charge is -2.13. The lowest BCUT2D eigenvalue weighted by atomic mass is 10.1. The number of hydrogen-bond donors (Lipinski definition) is 3. The van der Waals surface area contributed by atoms with Gasteiger partial charge in [0.2, 0.25) is 0 Å². The van der Waals surface area contributed by atoms with Crippen molar-refractivity contribution >= 4 is 34.2 Å². The first-order chi connectivity index (χ1) is 21.6. The number of nitrogens with one attached hydrogen (secondary N) is 3. The predicted molar refractivity (Wildman–Crippen MR) is 174 cm³/mol. The van der Waals surface area contributed by atoms with E-state index >= 15 is 0 Å². The molecule has 2 heterocycles. The van der Waals surface area contributed by atoms with Crippen LogP contribution in [-0.2, 0) is 6.54 Å².